The standard InChI is InChI=1S/C15H31N5.HI/c1-14(13-19-10-8-18(3)9-11-19)12-17-15(16-2)20-6-4-5-7-20;/h14H,4-13H2,1-3H3,(H,16,17);1H. The highest BCUT2D eigenvalue weighted by molar-refractivity contribution is 14.0. The Morgan fingerprint density at radius 2 is 1.71 bits per heavy atom. The van der Waals surface area contributed by atoms with E-state index < -0.39 is 0 Å². The molecular formula is C15H32IN5. The summed E-state index contributed by atoms with van der Waals surface area (Å²) in [4.78, 5) is 11.8. The Balaban J connectivity index is 0.00000220. The molecular weight excluding hydrogens is 377 g/mol. The van der Waals surface area contributed by atoms with Crippen molar-refractivity contribution < 1.29 is 0 Å². The first kappa shape index (κ1) is 19.0. The van der Waals surface area contributed by atoms with Crippen molar-refractivity contribution in [2.24, 2.45) is 10.9 Å². The summed E-state index contributed by atoms with van der Waals surface area (Å²) in [6, 6.07) is 0. The lowest BCUT2D eigenvalue weighted by Gasteiger charge is -2.34. The van der Waals surface area contributed by atoms with Crippen LogP contribution in [-0.2, 0) is 0 Å². The predicted molar refractivity (Wildman–Crippen MR) is 101 cm³/mol. The Bertz CT molecular complexity index is 309. The molecule has 2 fully saturated rings. The molecule has 2 heterocycles. The molecule has 0 bridgehead atoms. The van der Waals surface area contributed by atoms with Gasteiger partial charge in [0.2, 0.25) is 0 Å². The number of nitrogens with zero attached hydrogens (tertiary/aromatic N) is 4. The van der Waals surface area contributed by atoms with Crippen LogP contribution in [0.3, 0.4) is 0 Å². The summed E-state index contributed by atoms with van der Waals surface area (Å²) >= 11 is 0. The second-order valence-corrected chi connectivity index (χ2v) is 6.33. The van der Waals surface area contributed by atoms with Gasteiger partial charge in [0.05, 0.1) is 0 Å². The number of hydrogen-bond donors (Lipinski definition) is 1. The first-order valence-corrected chi connectivity index (χ1v) is 8.05. The third-order valence-corrected chi connectivity index (χ3v) is 4.39. The van der Waals surface area contributed by atoms with Crippen LogP contribution < -0.4 is 5.32 Å². The maximum absolute atomic E-state index is 4.41. The molecule has 0 radical (unpaired) electrons. The van der Waals surface area contributed by atoms with Gasteiger partial charge >= 0.3 is 0 Å². The van der Waals surface area contributed by atoms with Crippen LogP contribution in [-0.4, -0.2) is 87.1 Å². The van der Waals surface area contributed by atoms with Crippen LogP contribution in [0.25, 0.3) is 0 Å². The van der Waals surface area contributed by atoms with Crippen molar-refractivity contribution in [1.82, 2.24) is 20.0 Å². The molecule has 0 amide bonds. The number of rotatable bonds is 4. The van der Waals surface area contributed by atoms with E-state index >= 15 is 0 Å². The molecule has 0 spiro atoms. The van der Waals surface area contributed by atoms with Crippen molar-refractivity contribution >= 4 is 29.9 Å². The molecule has 21 heavy (non-hydrogen) atoms. The molecule has 0 aromatic rings. The molecule has 2 aliphatic rings. The Hall–Kier alpha value is -0.0800. The molecule has 0 aliphatic carbocycles. The minimum atomic E-state index is 0. The van der Waals surface area contributed by atoms with Gasteiger partial charge in [-0.3, -0.25) is 4.99 Å². The maximum Gasteiger partial charge on any atom is 0.193 e. The maximum atomic E-state index is 4.41. The number of likely N-dealkylation sites (tertiary alicyclic amines) is 1. The van der Waals surface area contributed by atoms with Gasteiger partial charge in [-0.25, -0.2) is 0 Å². The number of guanidine groups is 1. The van der Waals surface area contributed by atoms with Crippen LogP contribution >= 0.6 is 24.0 Å². The fraction of sp³-hybridized carbons (Fsp3) is 0.933. The summed E-state index contributed by atoms with van der Waals surface area (Å²) in [6.45, 7) is 11.7. The number of halogens is 1. The first-order valence-electron chi connectivity index (χ1n) is 8.05. The van der Waals surface area contributed by atoms with Crippen molar-refractivity contribution in [3.8, 4) is 0 Å². The van der Waals surface area contributed by atoms with Gasteiger partial charge in [-0.2, -0.15) is 0 Å². The average molecular weight is 409 g/mol. The predicted octanol–water partition coefficient (Wildman–Crippen LogP) is 1.16. The van der Waals surface area contributed by atoms with Crippen LogP contribution in [0.2, 0.25) is 0 Å². The number of likely N-dealkylation sites (N-methyl/N-ethyl adjacent to an activating group) is 1. The summed E-state index contributed by atoms with van der Waals surface area (Å²) in [5.74, 6) is 1.76. The largest absolute Gasteiger partial charge is 0.356 e. The summed E-state index contributed by atoms with van der Waals surface area (Å²) in [5, 5.41) is 3.55. The monoisotopic (exact) mass is 409 g/mol. The van der Waals surface area contributed by atoms with Crippen LogP contribution in [0.4, 0.5) is 0 Å². The zero-order valence-electron chi connectivity index (χ0n) is 13.8. The molecule has 0 saturated carbocycles. The highest BCUT2D eigenvalue weighted by atomic mass is 127. The second kappa shape index (κ2) is 9.84. The number of piperazine rings is 1. The van der Waals surface area contributed by atoms with E-state index in [1.165, 1.54) is 45.6 Å². The molecule has 2 aliphatic heterocycles. The Morgan fingerprint density at radius 3 is 2.29 bits per heavy atom. The van der Waals surface area contributed by atoms with Gasteiger partial charge in [0.15, 0.2) is 5.96 Å². The molecule has 0 aromatic heterocycles. The SMILES string of the molecule is CN=C(NCC(C)CN1CCN(C)CC1)N1CCCC1.I. The summed E-state index contributed by atoms with van der Waals surface area (Å²) in [7, 11) is 4.11. The Morgan fingerprint density at radius 1 is 1.10 bits per heavy atom. The lowest BCUT2D eigenvalue weighted by molar-refractivity contribution is 0.139. The highest BCUT2D eigenvalue weighted by Gasteiger charge is 2.18. The highest BCUT2D eigenvalue weighted by Crippen LogP contribution is 2.08. The van der Waals surface area contributed by atoms with E-state index in [9.17, 15) is 0 Å². The lowest BCUT2D eigenvalue weighted by atomic mass is 10.1. The summed E-state index contributed by atoms with van der Waals surface area (Å²) < 4.78 is 0. The Kier molecular flexibility index (Phi) is 8.89. The van der Waals surface area contributed by atoms with Gasteiger partial charge in [-0.1, -0.05) is 6.92 Å². The molecule has 124 valence electrons. The third-order valence-electron chi connectivity index (χ3n) is 4.39. The number of hydrogen-bond acceptors (Lipinski definition) is 3. The van der Waals surface area contributed by atoms with E-state index in [4.69, 9.17) is 0 Å². The zero-order chi connectivity index (χ0) is 14.4. The number of nitrogens with one attached hydrogen (secondary N) is 1. The van der Waals surface area contributed by atoms with E-state index in [-0.39, 0.29) is 24.0 Å². The minimum Gasteiger partial charge on any atom is -0.356 e. The fourth-order valence-corrected chi connectivity index (χ4v) is 3.06. The van der Waals surface area contributed by atoms with Crippen LogP contribution in [0.1, 0.15) is 19.8 Å². The van der Waals surface area contributed by atoms with Gasteiger partial charge < -0.3 is 20.0 Å². The molecule has 2 saturated heterocycles. The quantitative estimate of drug-likeness (QED) is 0.430. The van der Waals surface area contributed by atoms with Gasteiger partial charge in [0.25, 0.3) is 0 Å². The summed E-state index contributed by atoms with van der Waals surface area (Å²) in [6.07, 6.45) is 2.61. The molecule has 1 atom stereocenters. The molecule has 0 aromatic carbocycles. The molecule has 2 rings (SSSR count). The van der Waals surface area contributed by atoms with Crippen molar-refractivity contribution in [1.29, 1.82) is 0 Å². The molecule has 5 nitrogen and oxygen atoms in total. The van der Waals surface area contributed by atoms with Crippen LogP contribution in [0, 0.1) is 5.92 Å². The molecule has 1 N–H and O–H groups in total. The van der Waals surface area contributed by atoms with Crippen molar-refractivity contribution in [3.05, 3.63) is 0 Å². The topological polar surface area (TPSA) is 34.1 Å². The smallest absolute Gasteiger partial charge is 0.193 e. The van der Waals surface area contributed by atoms with Crippen molar-refractivity contribution in [2.75, 3.05) is 66.5 Å². The van der Waals surface area contributed by atoms with Gasteiger partial charge in [-0.15, -0.1) is 24.0 Å². The van der Waals surface area contributed by atoms with Crippen LogP contribution in [0.5, 0.6) is 0 Å². The van der Waals surface area contributed by atoms with E-state index in [2.05, 4.69) is 39.0 Å². The van der Waals surface area contributed by atoms with E-state index in [1.54, 1.807) is 0 Å². The fourth-order valence-electron chi connectivity index (χ4n) is 3.06. The molecule has 6 heteroatoms. The average Bonchev–Trinajstić information content (AvgIpc) is 2.96. The van der Waals surface area contributed by atoms with E-state index in [0.717, 1.165) is 25.6 Å². The van der Waals surface area contributed by atoms with Crippen molar-refractivity contribution in [2.45, 2.75) is 19.8 Å². The summed E-state index contributed by atoms with van der Waals surface area (Å²) in [5.41, 5.74) is 0. The van der Waals surface area contributed by atoms with Crippen molar-refractivity contribution in [3.63, 3.8) is 0 Å². The third kappa shape index (κ3) is 6.28. The van der Waals surface area contributed by atoms with Gasteiger partial charge in [0.1, 0.15) is 0 Å². The van der Waals surface area contributed by atoms with Gasteiger partial charge in [-0.05, 0) is 25.8 Å². The van der Waals surface area contributed by atoms with E-state index in [0.29, 0.717) is 5.92 Å². The Labute approximate surface area is 147 Å². The minimum absolute atomic E-state index is 0. The zero-order valence-corrected chi connectivity index (χ0v) is 16.2. The number of aliphatic imine (C=N–C) groups is 1. The van der Waals surface area contributed by atoms with Crippen LogP contribution in [0.15, 0.2) is 4.99 Å². The molecule has 1 unspecified atom stereocenters. The first-order chi connectivity index (χ1) is 9.69. The second-order valence-electron chi connectivity index (χ2n) is 6.33. The van der Waals surface area contributed by atoms with E-state index in [1.807, 2.05) is 7.05 Å². The normalized spacial score (nSPS) is 23.0. The lowest BCUT2D eigenvalue weighted by Crippen LogP contribution is -2.47. The van der Waals surface area contributed by atoms with Gasteiger partial charge in [0, 0.05) is 59.4 Å².